The molecular weight excluding hydrogens is 238 g/mol. The van der Waals surface area contributed by atoms with E-state index in [1.54, 1.807) is 0 Å². The Morgan fingerprint density at radius 2 is 1.95 bits per heavy atom. The molecule has 3 nitrogen and oxygen atoms in total. The molecular formula is C16H29NO2. The molecule has 0 bridgehead atoms. The summed E-state index contributed by atoms with van der Waals surface area (Å²) in [4.78, 5) is 0. The third kappa shape index (κ3) is 2.57. The lowest BCUT2D eigenvalue weighted by molar-refractivity contribution is -0.109. The lowest BCUT2D eigenvalue weighted by Crippen LogP contribution is -2.52. The first-order valence-electron chi connectivity index (χ1n) is 8.07. The highest BCUT2D eigenvalue weighted by molar-refractivity contribution is 5.00. The van der Waals surface area contributed by atoms with Crippen LogP contribution in [0.2, 0.25) is 0 Å². The van der Waals surface area contributed by atoms with Gasteiger partial charge in [0, 0.05) is 25.7 Å². The van der Waals surface area contributed by atoms with Crippen molar-refractivity contribution in [3.8, 4) is 0 Å². The first kappa shape index (κ1) is 13.8. The molecule has 1 saturated carbocycles. The summed E-state index contributed by atoms with van der Waals surface area (Å²) >= 11 is 0. The quantitative estimate of drug-likeness (QED) is 0.853. The van der Waals surface area contributed by atoms with E-state index in [9.17, 15) is 0 Å². The molecule has 1 N–H and O–H groups in total. The molecule has 3 atom stereocenters. The summed E-state index contributed by atoms with van der Waals surface area (Å²) in [5, 5.41) is 3.66. The van der Waals surface area contributed by atoms with E-state index in [0.29, 0.717) is 11.5 Å². The number of nitrogens with one attached hydrogen (secondary N) is 1. The third-order valence-corrected chi connectivity index (χ3v) is 5.88. The van der Waals surface area contributed by atoms with E-state index in [0.717, 1.165) is 32.2 Å². The van der Waals surface area contributed by atoms with Crippen LogP contribution in [-0.4, -0.2) is 38.5 Å². The molecule has 0 aromatic carbocycles. The summed E-state index contributed by atoms with van der Waals surface area (Å²) in [5.41, 5.74) is 0.546. The first-order valence-corrected chi connectivity index (χ1v) is 8.07. The fourth-order valence-corrected chi connectivity index (χ4v) is 4.86. The topological polar surface area (TPSA) is 30.5 Å². The Morgan fingerprint density at radius 3 is 2.58 bits per heavy atom. The van der Waals surface area contributed by atoms with E-state index in [-0.39, 0.29) is 5.60 Å². The molecule has 3 rings (SSSR count). The lowest BCUT2D eigenvalue weighted by Gasteiger charge is -2.45. The predicted molar refractivity (Wildman–Crippen MR) is 76.3 cm³/mol. The van der Waals surface area contributed by atoms with E-state index in [1.807, 2.05) is 0 Å². The van der Waals surface area contributed by atoms with Gasteiger partial charge < -0.3 is 14.8 Å². The smallest absolute Gasteiger partial charge is 0.0939 e. The minimum Gasteiger partial charge on any atom is -0.378 e. The zero-order valence-corrected chi connectivity index (χ0v) is 12.5. The summed E-state index contributed by atoms with van der Waals surface area (Å²) in [7, 11) is 2.15. The van der Waals surface area contributed by atoms with Crippen LogP contribution < -0.4 is 5.32 Å². The van der Waals surface area contributed by atoms with E-state index >= 15 is 0 Å². The average molecular weight is 267 g/mol. The van der Waals surface area contributed by atoms with E-state index in [2.05, 4.69) is 19.3 Å². The van der Waals surface area contributed by atoms with Gasteiger partial charge in [-0.15, -0.1) is 0 Å². The van der Waals surface area contributed by atoms with Crippen molar-refractivity contribution in [2.24, 2.45) is 11.3 Å². The van der Waals surface area contributed by atoms with Crippen molar-refractivity contribution >= 4 is 0 Å². The van der Waals surface area contributed by atoms with Crippen molar-refractivity contribution < 1.29 is 9.47 Å². The Labute approximate surface area is 117 Å². The second kappa shape index (κ2) is 5.34. The van der Waals surface area contributed by atoms with Gasteiger partial charge >= 0.3 is 0 Å². The van der Waals surface area contributed by atoms with Gasteiger partial charge in [-0.1, -0.05) is 19.8 Å². The number of ether oxygens (including phenoxy) is 2. The number of hydrogen-bond acceptors (Lipinski definition) is 3. The molecule has 2 aliphatic heterocycles. The Balaban J connectivity index is 1.72. The minimum absolute atomic E-state index is 0.0486. The van der Waals surface area contributed by atoms with E-state index < -0.39 is 0 Å². The summed E-state index contributed by atoms with van der Waals surface area (Å²) < 4.78 is 11.7. The summed E-state index contributed by atoms with van der Waals surface area (Å²) in [6.45, 7) is 5.11. The standard InChI is InChI=1S/C16H29NO2/c1-15(6-3-4-7-15)14(17-2)13-5-9-19-16(11-13)8-10-18-12-16/h13-14,17H,3-12H2,1-2H3. The molecule has 3 heteroatoms. The van der Waals surface area contributed by atoms with Crippen molar-refractivity contribution in [2.45, 2.75) is 63.5 Å². The molecule has 0 aromatic heterocycles. The second-order valence-electron chi connectivity index (χ2n) is 7.21. The zero-order valence-electron chi connectivity index (χ0n) is 12.5. The van der Waals surface area contributed by atoms with Gasteiger partial charge in [0.25, 0.3) is 0 Å². The fraction of sp³-hybridized carbons (Fsp3) is 1.00. The van der Waals surface area contributed by atoms with Gasteiger partial charge in [-0.2, -0.15) is 0 Å². The number of hydrogen-bond donors (Lipinski definition) is 1. The SMILES string of the molecule is CNC(C1CCOC2(CCOC2)C1)C1(C)CCCC1. The summed E-state index contributed by atoms with van der Waals surface area (Å²) in [6, 6.07) is 0.649. The maximum Gasteiger partial charge on any atom is 0.0939 e. The Kier molecular flexibility index (Phi) is 3.89. The van der Waals surface area contributed by atoms with E-state index in [1.165, 1.54) is 38.5 Å². The van der Waals surface area contributed by atoms with Crippen LogP contribution in [0.4, 0.5) is 0 Å². The Bertz CT molecular complexity index is 306. The van der Waals surface area contributed by atoms with Crippen LogP contribution in [0.25, 0.3) is 0 Å². The Hall–Kier alpha value is -0.120. The van der Waals surface area contributed by atoms with Crippen LogP contribution in [-0.2, 0) is 9.47 Å². The molecule has 1 aliphatic carbocycles. The molecule has 3 fully saturated rings. The van der Waals surface area contributed by atoms with Crippen molar-refractivity contribution in [1.82, 2.24) is 5.32 Å². The maximum absolute atomic E-state index is 6.09. The van der Waals surface area contributed by atoms with Crippen LogP contribution in [0.1, 0.15) is 51.9 Å². The fourth-order valence-electron chi connectivity index (χ4n) is 4.86. The highest BCUT2D eigenvalue weighted by Gasteiger charge is 2.47. The zero-order chi connectivity index (χ0) is 13.3. The molecule has 19 heavy (non-hydrogen) atoms. The second-order valence-corrected chi connectivity index (χ2v) is 7.21. The molecule has 3 unspecified atom stereocenters. The van der Waals surface area contributed by atoms with Gasteiger partial charge in [0.15, 0.2) is 0 Å². The molecule has 0 amide bonds. The highest BCUT2D eigenvalue weighted by atomic mass is 16.6. The Morgan fingerprint density at radius 1 is 1.16 bits per heavy atom. The molecule has 3 aliphatic rings. The largest absolute Gasteiger partial charge is 0.378 e. The van der Waals surface area contributed by atoms with Gasteiger partial charge in [0.2, 0.25) is 0 Å². The van der Waals surface area contributed by atoms with Gasteiger partial charge in [-0.05, 0) is 44.1 Å². The third-order valence-electron chi connectivity index (χ3n) is 5.88. The summed E-state index contributed by atoms with van der Waals surface area (Å²) in [6.07, 6.45) is 9.09. The average Bonchev–Trinajstić information content (AvgIpc) is 3.01. The van der Waals surface area contributed by atoms with Gasteiger partial charge in [0.1, 0.15) is 0 Å². The first-order chi connectivity index (χ1) is 9.18. The van der Waals surface area contributed by atoms with Crippen LogP contribution in [0.15, 0.2) is 0 Å². The van der Waals surface area contributed by atoms with Crippen molar-refractivity contribution in [3.63, 3.8) is 0 Å². The molecule has 2 saturated heterocycles. The van der Waals surface area contributed by atoms with Gasteiger partial charge in [-0.3, -0.25) is 0 Å². The van der Waals surface area contributed by atoms with Crippen LogP contribution in [0, 0.1) is 11.3 Å². The van der Waals surface area contributed by atoms with Crippen LogP contribution >= 0.6 is 0 Å². The van der Waals surface area contributed by atoms with Gasteiger partial charge in [-0.25, -0.2) is 0 Å². The van der Waals surface area contributed by atoms with E-state index in [4.69, 9.17) is 9.47 Å². The molecule has 0 aromatic rings. The maximum atomic E-state index is 6.09. The lowest BCUT2D eigenvalue weighted by atomic mass is 9.69. The predicted octanol–water partition coefficient (Wildman–Crippen LogP) is 2.74. The highest BCUT2D eigenvalue weighted by Crippen LogP contribution is 2.47. The van der Waals surface area contributed by atoms with Crippen LogP contribution in [0.3, 0.4) is 0 Å². The number of rotatable bonds is 3. The minimum atomic E-state index is 0.0486. The molecule has 110 valence electrons. The molecule has 2 heterocycles. The molecule has 1 spiro atoms. The normalized spacial score (nSPS) is 39.8. The monoisotopic (exact) mass is 267 g/mol. The molecule has 0 radical (unpaired) electrons. The van der Waals surface area contributed by atoms with Crippen molar-refractivity contribution in [1.29, 1.82) is 0 Å². The van der Waals surface area contributed by atoms with Crippen LogP contribution in [0.5, 0.6) is 0 Å². The summed E-state index contributed by atoms with van der Waals surface area (Å²) in [5.74, 6) is 0.753. The van der Waals surface area contributed by atoms with Gasteiger partial charge in [0.05, 0.1) is 12.2 Å². The van der Waals surface area contributed by atoms with Crippen molar-refractivity contribution in [2.75, 3.05) is 26.9 Å². The van der Waals surface area contributed by atoms with Crippen molar-refractivity contribution in [3.05, 3.63) is 0 Å².